The first-order chi connectivity index (χ1) is 11.1. The summed E-state index contributed by atoms with van der Waals surface area (Å²) in [6, 6.07) is 14.9. The van der Waals surface area contributed by atoms with E-state index in [1.165, 1.54) is 6.92 Å². The van der Waals surface area contributed by atoms with Crippen molar-refractivity contribution in [3.8, 4) is 0 Å². The predicted molar refractivity (Wildman–Crippen MR) is 88.6 cm³/mol. The van der Waals surface area contributed by atoms with Crippen molar-refractivity contribution in [3.05, 3.63) is 66.0 Å². The number of hydrogen-bond donors (Lipinski definition) is 2. The fourth-order valence-electron chi connectivity index (χ4n) is 2.32. The highest BCUT2D eigenvalue weighted by Gasteiger charge is 2.16. The van der Waals surface area contributed by atoms with E-state index in [1.54, 1.807) is 6.20 Å². The quantitative estimate of drug-likeness (QED) is 0.821. The van der Waals surface area contributed by atoms with Crippen LogP contribution in [0.4, 0.5) is 0 Å². The van der Waals surface area contributed by atoms with Gasteiger partial charge in [-0.2, -0.15) is 0 Å². The van der Waals surface area contributed by atoms with Gasteiger partial charge < -0.3 is 10.6 Å². The molecule has 0 unspecified atom stereocenters. The van der Waals surface area contributed by atoms with E-state index in [9.17, 15) is 9.59 Å². The molecule has 1 atom stereocenters. The second kappa shape index (κ2) is 8.68. The summed E-state index contributed by atoms with van der Waals surface area (Å²) in [5, 5.41) is 5.70. The Morgan fingerprint density at radius 2 is 1.83 bits per heavy atom. The average Bonchev–Trinajstić information content (AvgIpc) is 2.56. The Morgan fingerprint density at radius 3 is 2.48 bits per heavy atom. The van der Waals surface area contributed by atoms with Gasteiger partial charge >= 0.3 is 0 Å². The standard InChI is InChI=1S/C18H21N3O2/c1-14(22)21-17(15-7-3-2-4-8-15)13-18(23)20-12-10-16-9-5-6-11-19-16/h2-9,11,17H,10,12-13H2,1H3,(H,20,23)(H,21,22)/t17-/m0/s1. The molecule has 2 rings (SSSR count). The van der Waals surface area contributed by atoms with Crippen LogP contribution in [0, 0.1) is 0 Å². The zero-order valence-corrected chi connectivity index (χ0v) is 13.2. The van der Waals surface area contributed by atoms with Crippen molar-refractivity contribution >= 4 is 11.8 Å². The Kier molecular flexibility index (Phi) is 6.29. The molecule has 1 aromatic carbocycles. The van der Waals surface area contributed by atoms with E-state index < -0.39 is 0 Å². The van der Waals surface area contributed by atoms with Gasteiger partial charge in [0.1, 0.15) is 0 Å². The second-order valence-corrected chi connectivity index (χ2v) is 5.29. The lowest BCUT2D eigenvalue weighted by molar-refractivity contribution is -0.122. The number of nitrogens with one attached hydrogen (secondary N) is 2. The minimum absolute atomic E-state index is 0.0939. The number of carbonyl (C=O) groups is 2. The van der Waals surface area contributed by atoms with Crippen molar-refractivity contribution in [2.75, 3.05) is 6.54 Å². The van der Waals surface area contributed by atoms with Crippen LogP contribution in [0.1, 0.15) is 30.6 Å². The summed E-state index contributed by atoms with van der Waals surface area (Å²) >= 11 is 0. The van der Waals surface area contributed by atoms with Gasteiger partial charge in [0.2, 0.25) is 11.8 Å². The third-order valence-electron chi connectivity index (χ3n) is 3.40. The number of rotatable bonds is 7. The molecule has 120 valence electrons. The Hall–Kier alpha value is -2.69. The van der Waals surface area contributed by atoms with Crippen LogP contribution in [0.25, 0.3) is 0 Å². The highest BCUT2D eigenvalue weighted by molar-refractivity contribution is 5.79. The van der Waals surface area contributed by atoms with Gasteiger partial charge in [0, 0.05) is 31.8 Å². The minimum atomic E-state index is -0.316. The van der Waals surface area contributed by atoms with Crippen LogP contribution in [0.3, 0.4) is 0 Å². The number of nitrogens with zero attached hydrogens (tertiary/aromatic N) is 1. The van der Waals surface area contributed by atoms with Crippen LogP contribution in [0.5, 0.6) is 0 Å². The lowest BCUT2D eigenvalue weighted by Gasteiger charge is -2.18. The maximum Gasteiger partial charge on any atom is 0.222 e. The van der Waals surface area contributed by atoms with Crippen molar-refractivity contribution in [1.29, 1.82) is 0 Å². The number of amides is 2. The van der Waals surface area contributed by atoms with E-state index in [-0.39, 0.29) is 24.3 Å². The van der Waals surface area contributed by atoms with Crippen LogP contribution in [0.2, 0.25) is 0 Å². The van der Waals surface area contributed by atoms with Crippen LogP contribution >= 0.6 is 0 Å². The third kappa shape index (κ3) is 5.90. The summed E-state index contributed by atoms with van der Waals surface area (Å²) in [7, 11) is 0. The topological polar surface area (TPSA) is 71.1 Å². The summed E-state index contributed by atoms with van der Waals surface area (Å²) in [5.41, 5.74) is 1.86. The van der Waals surface area contributed by atoms with E-state index in [4.69, 9.17) is 0 Å². The highest BCUT2D eigenvalue weighted by atomic mass is 16.2. The molecule has 0 spiro atoms. The largest absolute Gasteiger partial charge is 0.356 e. The second-order valence-electron chi connectivity index (χ2n) is 5.29. The van der Waals surface area contributed by atoms with Crippen molar-refractivity contribution in [3.63, 3.8) is 0 Å². The Balaban J connectivity index is 1.86. The molecule has 0 bridgehead atoms. The van der Waals surface area contributed by atoms with E-state index in [0.29, 0.717) is 13.0 Å². The third-order valence-corrected chi connectivity index (χ3v) is 3.40. The fourth-order valence-corrected chi connectivity index (χ4v) is 2.32. The molecule has 0 saturated heterocycles. The molecule has 2 aromatic rings. The average molecular weight is 311 g/mol. The number of benzene rings is 1. The Morgan fingerprint density at radius 1 is 1.09 bits per heavy atom. The van der Waals surface area contributed by atoms with E-state index >= 15 is 0 Å². The number of aromatic nitrogens is 1. The summed E-state index contributed by atoms with van der Waals surface area (Å²) in [5.74, 6) is -0.247. The highest BCUT2D eigenvalue weighted by Crippen LogP contribution is 2.16. The van der Waals surface area contributed by atoms with Gasteiger partial charge in [0.25, 0.3) is 0 Å². The first kappa shape index (κ1) is 16.7. The maximum atomic E-state index is 12.1. The minimum Gasteiger partial charge on any atom is -0.356 e. The van der Waals surface area contributed by atoms with E-state index in [1.807, 2.05) is 48.5 Å². The van der Waals surface area contributed by atoms with Gasteiger partial charge in [-0.15, -0.1) is 0 Å². The van der Waals surface area contributed by atoms with Crippen molar-refractivity contribution in [2.24, 2.45) is 0 Å². The molecule has 2 amide bonds. The summed E-state index contributed by atoms with van der Waals surface area (Å²) in [6.07, 6.45) is 2.63. The molecule has 0 aliphatic heterocycles. The van der Waals surface area contributed by atoms with Crippen molar-refractivity contribution in [2.45, 2.75) is 25.8 Å². The number of carbonyl (C=O) groups excluding carboxylic acids is 2. The molecule has 23 heavy (non-hydrogen) atoms. The summed E-state index contributed by atoms with van der Waals surface area (Å²) < 4.78 is 0. The Labute approximate surface area is 136 Å². The summed E-state index contributed by atoms with van der Waals surface area (Å²) in [6.45, 7) is 1.98. The van der Waals surface area contributed by atoms with Gasteiger partial charge in [0.05, 0.1) is 12.5 Å². The van der Waals surface area contributed by atoms with Crippen LogP contribution in [0.15, 0.2) is 54.7 Å². The van der Waals surface area contributed by atoms with Gasteiger partial charge in [-0.3, -0.25) is 14.6 Å². The van der Waals surface area contributed by atoms with Crippen molar-refractivity contribution < 1.29 is 9.59 Å². The molecular weight excluding hydrogens is 290 g/mol. The van der Waals surface area contributed by atoms with E-state index in [2.05, 4.69) is 15.6 Å². The fraction of sp³-hybridized carbons (Fsp3) is 0.278. The van der Waals surface area contributed by atoms with Crippen LogP contribution < -0.4 is 10.6 Å². The number of pyridine rings is 1. The zero-order chi connectivity index (χ0) is 16.5. The lowest BCUT2D eigenvalue weighted by Crippen LogP contribution is -2.33. The molecule has 5 heteroatoms. The summed E-state index contributed by atoms with van der Waals surface area (Å²) in [4.78, 5) is 27.7. The smallest absolute Gasteiger partial charge is 0.222 e. The molecular formula is C18H21N3O2. The van der Waals surface area contributed by atoms with Crippen LogP contribution in [-0.4, -0.2) is 23.3 Å². The zero-order valence-electron chi connectivity index (χ0n) is 13.2. The van der Waals surface area contributed by atoms with Crippen molar-refractivity contribution in [1.82, 2.24) is 15.6 Å². The number of hydrogen-bond acceptors (Lipinski definition) is 3. The molecule has 0 radical (unpaired) electrons. The first-order valence-corrected chi connectivity index (χ1v) is 7.64. The van der Waals surface area contributed by atoms with Gasteiger partial charge in [-0.25, -0.2) is 0 Å². The van der Waals surface area contributed by atoms with Gasteiger partial charge in [0.15, 0.2) is 0 Å². The van der Waals surface area contributed by atoms with E-state index in [0.717, 1.165) is 11.3 Å². The normalized spacial score (nSPS) is 11.5. The maximum absolute atomic E-state index is 12.1. The molecule has 0 aliphatic carbocycles. The molecule has 5 nitrogen and oxygen atoms in total. The Bertz CT molecular complexity index is 629. The van der Waals surface area contributed by atoms with Gasteiger partial charge in [-0.1, -0.05) is 36.4 Å². The molecule has 1 aromatic heterocycles. The predicted octanol–water partition coefficient (Wildman–Crippen LogP) is 2.01. The molecule has 0 fully saturated rings. The SMILES string of the molecule is CC(=O)N[C@@H](CC(=O)NCCc1ccccn1)c1ccccc1. The lowest BCUT2D eigenvalue weighted by atomic mass is 10.0. The van der Waals surface area contributed by atoms with Crippen LogP contribution in [-0.2, 0) is 16.0 Å². The monoisotopic (exact) mass is 311 g/mol. The van der Waals surface area contributed by atoms with Gasteiger partial charge in [-0.05, 0) is 17.7 Å². The first-order valence-electron chi connectivity index (χ1n) is 7.64. The molecule has 0 aliphatic rings. The molecule has 1 heterocycles. The molecule has 2 N–H and O–H groups in total. The molecule has 0 saturated carbocycles.